The maximum Gasteiger partial charge on any atom is 0.248 e. The normalized spacial score (nSPS) is 12.4. The second-order valence-electron chi connectivity index (χ2n) is 5.59. The lowest BCUT2D eigenvalue weighted by Gasteiger charge is -2.09. The largest absolute Gasteiger partial charge is 0.493 e. The molecule has 0 bridgehead atoms. The zero-order chi connectivity index (χ0) is 22.4. The molecular formula is C24H25FN2O3. The van der Waals surface area contributed by atoms with Gasteiger partial charge in [0.05, 0.1) is 19.9 Å². The number of carbonyl (C=O) groups is 1. The van der Waals surface area contributed by atoms with E-state index in [0.29, 0.717) is 28.5 Å². The Labute approximate surface area is 176 Å². The first kappa shape index (κ1) is 24.1. The van der Waals surface area contributed by atoms with Crippen molar-refractivity contribution in [3.63, 3.8) is 0 Å². The summed E-state index contributed by atoms with van der Waals surface area (Å²) in [6, 6.07) is 5.16. The molecule has 156 valence electrons. The molecular weight excluding hydrogens is 383 g/mol. The highest BCUT2D eigenvalue weighted by Crippen LogP contribution is 2.29. The summed E-state index contributed by atoms with van der Waals surface area (Å²) in [7, 11) is 3.10. The van der Waals surface area contributed by atoms with Crippen LogP contribution in [-0.4, -0.2) is 26.3 Å². The number of methoxy groups -OCH3 is 2. The van der Waals surface area contributed by atoms with E-state index in [1.165, 1.54) is 18.2 Å². The van der Waals surface area contributed by atoms with E-state index in [4.69, 9.17) is 9.47 Å². The number of nitrogens with zero attached hydrogens (tertiary/aromatic N) is 1. The topological polar surface area (TPSA) is 59.9 Å². The van der Waals surface area contributed by atoms with Crippen LogP contribution in [0.5, 0.6) is 11.5 Å². The van der Waals surface area contributed by atoms with Crippen LogP contribution in [0.2, 0.25) is 0 Å². The second kappa shape index (κ2) is 13.3. The Balaban J connectivity index is 0.000000311. The van der Waals surface area contributed by atoms with Gasteiger partial charge in [0.2, 0.25) is 5.91 Å². The minimum Gasteiger partial charge on any atom is -0.493 e. The number of halogens is 1. The number of allylic oxidation sites excluding steroid dienone is 6. The van der Waals surface area contributed by atoms with Crippen molar-refractivity contribution < 1.29 is 18.7 Å². The summed E-state index contributed by atoms with van der Waals surface area (Å²) in [6.07, 6.45) is 12.3. The van der Waals surface area contributed by atoms with E-state index in [1.807, 2.05) is 0 Å². The predicted molar refractivity (Wildman–Crippen MR) is 121 cm³/mol. The minimum absolute atomic E-state index is 0.225. The number of aliphatic imine (C=N–C) groups is 1. The number of ether oxygens (including phenoxy) is 2. The summed E-state index contributed by atoms with van der Waals surface area (Å²) >= 11 is 0. The van der Waals surface area contributed by atoms with Crippen molar-refractivity contribution in [1.29, 1.82) is 0 Å². The lowest BCUT2D eigenvalue weighted by atomic mass is 10.2. The fourth-order valence-electron chi connectivity index (χ4n) is 2.19. The molecule has 1 aromatic carbocycles. The molecule has 0 fully saturated rings. The van der Waals surface area contributed by atoms with Crippen molar-refractivity contribution in [3.05, 3.63) is 96.7 Å². The van der Waals surface area contributed by atoms with Gasteiger partial charge in [0, 0.05) is 35.7 Å². The summed E-state index contributed by atoms with van der Waals surface area (Å²) in [5.74, 6) is 0.600. The van der Waals surface area contributed by atoms with Gasteiger partial charge in [-0.25, -0.2) is 4.39 Å². The Hall–Kier alpha value is -3.89. The van der Waals surface area contributed by atoms with Crippen molar-refractivity contribution in [2.24, 2.45) is 4.99 Å². The van der Waals surface area contributed by atoms with E-state index in [9.17, 15) is 9.18 Å². The number of hydrogen-bond donors (Lipinski definition) is 1. The van der Waals surface area contributed by atoms with Gasteiger partial charge in [0.15, 0.2) is 11.5 Å². The van der Waals surface area contributed by atoms with Crippen molar-refractivity contribution in [3.8, 4) is 11.5 Å². The Morgan fingerprint density at radius 3 is 2.63 bits per heavy atom. The molecule has 0 aromatic heterocycles. The smallest absolute Gasteiger partial charge is 0.248 e. The molecule has 0 radical (unpaired) electrons. The molecule has 0 heterocycles. The van der Waals surface area contributed by atoms with Crippen LogP contribution < -0.4 is 14.8 Å². The lowest BCUT2D eigenvalue weighted by Crippen LogP contribution is -2.07. The van der Waals surface area contributed by atoms with Crippen molar-refractivity contribution in [2.45, 2.75) is 6.92 Å². The molecule has 5 nitrogen and oxygen atoms in total. The first-order valence-electron chi connectivity index (χ1n) is 8.95. The van der Waals surface area contributed by atoms with Crippen LogP contribution >= 0.6 is 0 Å². The standard InChI is InChI=1S/C13H15NO3.C11H10FN/c1-4-5-6-13(15)14-10-7-8-11(16-2)12(9-10)17-3;1-3-13-9(2)10-7-5-4-6-8-11(10)12/h4-9H,1H2,2-3H3,(H,14,15);3-5,7-8H,2H2,1H3/b6-5+;. The number of nitrogens with one attached hydrogen (secondary N) is 1. The molecule has 1 aliphatic carbocycles. The molecule has 2 rings (SSSR count). The van der Waals surface area contributed by atoms with Crippen LogP contribution in [0.1, 0.15) is 6.92 Å². The quantitative estimate of drug-likeness (QED) is 0.281. The zero-order valence-electron chi connectivity index (χ0n) is 17.3. The molecule has 0 saturated heterocycles. The van der Waals surface area contributed by atoms with E-state index in [2.05, 4.69) is 29.2 Å². The average molecular weight is 408 g/mol. The maximum atomic E-state index is 13.2. The number of carbonyl (C=O) groups excluding carboxylic acids is 1. The van der Waals surface area contributed by atoms with Gasteiger partial charge < -0.3 is 14.8 Å². The van der Waals surface area contributed by atoms with Crippen LogP contribution in [0, 0.1) is 0 Å². The van der Waals surface area contributed by atoms with Crippen LogP contribution in [0.3, 0.4) is 0 Å². The second-order valence-corrected chi connectivity index (χ2v) is 5.59. The van der Waals surface area contributed by atoms with Gasteiger partial charge in [-0.2, -0.15) is 0 Å². The lowest BCUT2D eigenvalue weighted by molar-refractivity contribution is -0.111. The predicted octanol–water partition coefficient (Wildman–Crippen LogP) is 5.48. The minimum atomic E-state index is -0.361. The SMILES string of the molecule is C=C(N=CC)C1=C(F)C=C=CC=C1.C=C/C=C/C(=O)Nc1ccc(OC)c(OC)c1. The molecule has 0 saturated carbocycles. The van der Waals surface area contributed by atoms with Crippen molar-refractivity contribution in [2.75, 3.05) is 19.5 Å². The third kappa shape index (κ3) is 8.00. The summed E-state index contributed by atoms with van der Waals surface area (Å²) < 4.78 is 23.5. The Bertz CT molecular complexity index is 963. The van der Waals surface area contributed by atoms with Gasteiger partial charge in [-0.3, -0.25) is 9.79 Å². The molecule has 1 aromatic rings. The number of benzene rings is 1. The summed E-state index contributed by atoms with van der Waals surface area (Å²) in [5.41, 5.74) is 4.12. The van der Waals surface area contributed by atoms with Gasteiger partial charge in [0.25, 0.3) is 0 Å². The Morgan fingerprint density at radius 1 is 1.27 bits per heavy atom. The number of amides is 1. The third-order valence-corrected chi connectivity index (χ3v) is 3.55. The number of rotatable bonds is 7. The molecule has 0 unspecified atom stereocenters. The van der Waals surface area contributed by atoms with Crippen LogP contribution in [0.15, 0.2) is 102 Å². The molecule has 6 heteroatoms. The van der Waals surface area contributed by atoms with Crippen LogP contribution in [-0.2, 0) is 4.79 Å². The van der Waals surface area contributed by atoms with Gasteiger partial charge in [-0.1, -0.05) is 31.4 Å². The van der Waals surface area contributed by atoms with Crippen LogP contribution in [0.4, 0.5) is 10.1 Å². The fraction of sp³-hybridized carbons (Fsp3) is 0.125. The molecule has 0 aliphatic heterocycles. The fourth-order valence-corrected chi connectivity index (χ4v) is 2.19. The molecule has 1 aliphatic rings. The van der Waals surface area contributed by atoms with E-state index >= 15 is 0 Å². The Morgan fingerprint density at radius 2 is 2.00 bits per heavy atom. The van der Waals surface area contributed by atoms with E-state index < -0.39 is 0 Å². The first-order chi connectivity index (χ1) is 14.5. The van der Waals surface area contributed by atoms with Gasteiger partial charge >= 0.3 is 0 Å². The zero-order valence-corrected chi connectivity index (χ0v) is 17.3. The summed E-state index contributed by atoms with van der Waals surface area (Å²) in [6.45, 7) is 8.90. The van der Waals surface area contributed by atoms with Gasteiger partial charge in [-0.05, 0) is 31.2 Å². The maximum absolute atomic E-state index is 13.2. The van der Waals surface area contributed by atoms with Gasteiger partial charge in [0.1, 0.15) is 5.83 Å². The Kier molecular flexibility index (Phi) is 10.7. The van der Waals surface area contributed by atoms with Crippen LogP contribution in [0.25, 0.3) is 0 Å². The van der Waals surface area contributed by atoms with E-state index in [0.717, 1.165) is 0 Å². The van der Waals surface area contributed by atoms with Gasteiger partial charge in [-0.15, -0.1) is 5.73 Å². The number of hydrogen-bond acceptors (Lipinski definition) is 4. The molecule has 1 N–H and O–H groups in total. The first-order valence-corrected chi connectivity index (χ1v) is 8.95. The highest BCUT2D eigenvalue weighted by Gasteiger charge is 2.06. The highest BCUT2D eigenvalue weighted by molar-refractivity contribution is 5.99. The third-order valence-electron chi connectivity index (χ3n) is 3.55. The van der Waals surface area contributed by atoms with Crippen molar-refractivity contribution in [1.82, 2.24) is 0 Å². The van der Waals surface area contributed by atoms with Crippen molar-refractivity contribution >= 4 is 17.8 Å². The monoisotopic (exact) mass is 408 g/mol. The molecule has 0 spiro atoms. The summed E-state index contributed by atoms with van der Waals surface area (Å²) in [4.78, 5) is 15.3. The number of anilines is 1. The average Bonchev–Trinajstić information content (AvgIpc) is 2.97. The summed E-state index contributed by atoms with van der Waals surface area (Å²) in [5, 5.41) is 2.69. The highest BCUT2D eigenvalue weighted by atomic mass is 19.1. The van der Waals surface area contributed by atoms with E-state index in [-0.39, 0.29) is 11.7 Å². The molecule has 30 heavy (non-hydrogen) atoms. The van der Waals surface area contributed by atoms with E-state index in [1.54, 1.807) is 69.9 Å². The molecule has 1 amide bonds. The molecule has 0 atom stereocenters.